The van der Waals surface area contributed by atoms with Gasteiger partial charge < -0.3 is 15.4 Å². The molecule has 24 heavy (non-hydrogen) atoms. The Labute approximate surface area is 157 Å². The van der Waals surface area contributed by atoms with Crippen LogP contribution in [0.1, 0.15) is 12.0 Å². The van der Waals surface area contributed by atoms with Crippen molar-refractivity contribution in [2.45, 2.75) is 12.2 Å². The first-order valence-corrected chi connectivity index (χ1v) is 9.50. The van der Waals surface area contributed by atoms with E-state index in [1.807, 2.05) is 42.1 Å². The standard InChI is InChI=1S/C17H20ClN3OS2/c1-22-15-8-4-9-19-16(15)21-17(23)20-10-5-11-24-12-13-6-2-3-7-14(13)18/h2-4,6-9H,5,10-12H2,1H3,(H2,19,20,21,23). The average molecular weight is 382 g/mol. The van der Waals surface area contributed by atoms with Gasteiger partial charge in [0.05, 0.1) is 7.11 Å². The van der Waals surface area contributed by atoms with Crippen LogP contribution in [0, 0.1) is 0 Å². The minimum Gasteiger partial charge on any atom is -0.493 e. The number of nitrogens with zero attached hydrogens (tertiary/aromatic N) is 1. The molecule has 1 aromatic heterocycles. The highest BCUT2D eigenvalue weighted by Crippen LogP contribution is 2.21. The van der Waals surface area contributed by atoms with Crippen LogP contribution in [0.25, 0.3) is 0 Å². The Morgan fingerprint density at radius 2 is 2.12 bits per heavy atom. The third kappa shape index (κ3) is 6.19. The van der Waals surface area contributed by atoms with Gasteiger partial charge in [-0.05, 0) is 48.2 Å². The topological polar surface area (TPSA) is 46.2 Å². The second kappa shape index (κ2) is 10.4. The maximum absolute atomic E-state index is 6.14. The van der Waals surface area contributed by atoms with E-state index in [1.54, 1.807) is 13.3 Å². The molecule has 4 nitrogen and oxygen atoms in total. The SMILES string of the molecule is COc1cccnc1NC(=S)NCCCSCc1ccccc1Cl. The number of benzene rings is 1. The molecule has 0 aliphatic rings. The lowest BCUT2D eigenvalue weighted by Gasteiger charge is -2.12. The largest absolute Gasteiger partial charge is 0.493 e. The number of nitrogens with one attached hydrogen (secondary N) is 2. The number of aromatic nitrogens is 1. The van der Waals surface area contributed by atoms with E-state index >= 15 is 0 Å². The van der Waals surface area contributed by atoms with E-state index in [1.165, 1.54) is 5.56 Å². The van der Waals surface area contributed by atoms with Gasteiger partial charge in [-0.3, -0.25) is 0 Å². The quantitative estimate of drug-likeness (QED) is 0.523. The molecule has 0 fully saturated rings. The van der Waals surface area contributed by atoms with Crippen molar-refractivity contribution in [3.63, 3.8) is 0 Å². The molecule has 0 saturated carbocycles. The maximum atomic E-state index is 6.14. The molecule has 0 bridgehead atoms. The van der Waals surface area contributed by atoms with E-state index in [9.17, 15) is 0 Å². The summed E-state index contributed by atoms with van der Waals surface area (Å²) in [6.45, 7) is 0.802. The fourth-order valence-corrected chi connectivity index (χ4v) is 3.42. The fourth-order valence-electron chi connectivity index (χ4n) is 1.97. The van der Waals surface area contributed by atoms with E-state index in [0.717, 1.165) is 29.5 Å². The maximum Gasteiger partial charge on any atom is 0.174 e. The summed E-state index contributed by atoms with van der Waals surface area (Å²) in [5, 5.41) is 7.60. The summed E-state index contributed by atoms with van der Waals surface area (Å²) in [4.78, 5) is 4.21. The second-order valence-corrected chi connectivity index (χ2v) is 6.85. The van der Waals surface area contributed by atoms with Crippen molar-refractivity contribution in [1.82, 2.24) is 10.3 Å². The molecule has 0 radical (unpaired) electrons. The number of hydrogen-bond donors (Lipinski definition) is 2. The zero-order valence-corrected chi connectivity index (χ0v) is 15.8. The second-order valence-electron chi connectivity index (χ2n) is 4.93. The molecule has 2 aromatic rings. The van der Waals surface area contributed by atoms with Gasteiger partial charge >= 0.3 is 0 Å². The summed E-state index contributed by atoms with van der Waals surface area (Å²) >= 11 is 13.3. The number of halogens is 1. The fraction of sp³-hybridized carbons (Fsp3) is 0.294. The van der Waals surface area contributed by atoms with E-state index in [2.05, 4.69) is 21.7 Å². The van der Waals surface area contributed by atoms with E-state index in [-0.39, 0.29) is 0 Å². The molecule has 0 atom stereocenters. The molecule has 0 saturated heterocycles. The van der Waals surface area contributed by atoms with Crippen molar-refractivity contribution in [3.05, 3.63) is 53.2 Å². The molecule has 0 amide bonds. The van der Waals surface area contributed by atoms with Gasteiger partial charge in [0, 0.05) is 23.5 Å². The monoisotopic (exact) mass is 381 g/mol. The smallest absolute Gasteiger partial charge is 0.174 e. The molecule has 7 heteroatoms. The van der Waals surface area contributed by atoms with Crippen molar-refractivity contribution >= 4 is 46.5 Å². The van der Waals surface area contributed by atoms with Gasteiger partial charge in [-0.1, -0.05) is 29.8 Å². The van der Waals surface area contributed by atoms with Crippen molar-refractivity contribution < 1.29 is 4.74 Å². The first kappa shape index (κ1) is 18.8. The highest BCUT2D eigenvalue weighted by Gasteiger charge is 2.05. The third-order valence-electron chi connectivity index (χ3n) is 3.19. The van der Waals surface area contributed by atoms with Crippen LogP contribution in [0.5, 0.6) is 5.75 Å². The predicted octanol–water partition coefficient (Wildman–Crippen LogP) is 4.35. The Bertz CT molecular complexity index is 670. The van der Waals surface area contributed by atoms with Gasteiger partial charge in [-0.15, -0.1) is 0 Å². The van der Waals surface area contributed by atoms with Gasteiger partial charge in [-0.25, -0.2) is 4.98 Å². The summed E-state index contributed by atoms with van der Waals surface area (Å²) in [7, 11) is 1.61. The third-order valence-corrected chi connectivity index (χ3v) is 4.90. The van der Waals surface area contributed by atoms with Crippen molar-refractivity contribution in [2.24, 2.45) is 0 Å². The number of rotatable bonds is 8. The van der Waals surface area contributed by atoms with Crippen molar-refractivity contribution in [3.8, 4) is 5.75 Å². The van der Waals surface area contributed by atoms with Crippen LogP contribution in [0.15, 0.2) is 42.6 Å². The number of hydrogen-bond acceptors (Lipinski definition) is 4. The van der Waals surface area contributed by atoms with Crippen molar-refractivity contribution in [1.29, 1.82) is 0 Å². The van der Waals surface area contributed by atoms with Gasteiger partial charge in [0.2, 0.25) is 0 Å². The first-order valence-electron chi connectivity index (χ1n) is 7.55. The molecule has 2 N–H and O–H groups in total. The molecule has 128 valence electrons. The highest BCUT2D eigenvalue weighted by atomic mass is 35.5. The molecule has 0 spiro atoms. The molecule has 0 aliphatic carbocycles. The summed E-state index contributed by atoms with van der Waals surface area (Å²) < 4.78 is 5.23. The predicted molar refractivity (Wildman–Crippen MR) is 107 cm³/mol. The molecule has 0 aliphatic heterocycles. The van der Waals surface area contributed by atoms with Crippen LogP contribution >= 0.6 is 35.6 Å². The van der Waals surface area contributed by atoms with E-state index in [4.69, 9.17) is 28.6 Å². The molecular weight excluding hydrogens is 362 g/mol. The summed E-state index contributed by atoms with van der Waals surface area (Å²) in [6, 6.07) is 11.6. The lowest BCUT2D eigenvalue weighted by Crippen LogP contribution is -2.30. The molecule has 1 aromatic carbocycles. The molecule has 0 unspecified atom stereocenters. The van der Waals surface area contributed by atoms with Gasteiger partial charge in [-0.2, -0.15) is 11.8 Å². The van der Waals surface area contributed by atoms with Crippen LogP contribution in [0.2, 0.25) is 5.02 Å². The number of methoxy groups -OCH3 is 1. The summed E-state index contributed by atoms with van der Waals surface area (Å²) in [6.07, 6.45) is 2.70. The van der Waals surface area contributed by atoms with Crippen LogP contribution < -0.4 is 15.4 Å². The molecular formula is C17H20ClN3OS2. The summed E-state index contributed by atoms with van der Waals surface area (Å²) in [5.74, 6) is 3.24. The van der Waals surface area contributed by atoms with Crippen LogP contribution in [-0.2, 0) is 5.75 Å². The average Bonchev–Trinajstić information content (AvgIpc) is 2.60. The zero-order chi connectivity index (χ0) is 17.2. The zero-order valence-electron chi connectivity index (χ0n) is 13.4. The Kier molecular flexibility index (Phi) is 8.15. The van der Waals surface area contributed by atoms with Crippen LogP contribution in [0.3, 0.4) is 0 Å². The van der Waals surface area contributed by atoms with Crippen molar-refractivity contribution in [2.75, 3.05) is 24.7 Å². The van der Waals surface area contributed by atoms with Crippen LogP contribution in [-0.4, -0.2) is 29.5 Å². The molecule has 1 heterocycles. The van der Waals surface area contributed by atoms with Gasteiger partial charge in [0.15, 0.2) is 16.7 Å². The minimum atomic E-state index is 0.545. The highest BCUT2D eigenvalue weighted by molar-refractivity contribution is 7.98. The summed E-state index contributed by atoms with van der Waals surface area (Å²) in [5.41, 5.74) is 1.18. The lowest BCUT2D eigenvalue weighted by molar-refractivity contribution is 0.415. The Morgan fingerprint density at radius 3 is 2.92 bits per heavy atom. The minimum absolute atomic E-state index is 0.545. The number of thioether (sulfide) groups is 1. The Hall–Kier alpha value is -1.50. The Balaban J connectivity index is 1.62. The van der Waals surface area contributed by atoms with Gasteiger partial charge in [0.25, 0.3) is 0 Å². The van der Waals surface area contributed by atoms with Gasteiger partial charge in [0.1, 0.15) is 0 Å². The van der Waals surface area contributed by atoms with E-state index < -0.39 is 0 Å². The lowest BCUT2D eigenvalue weighted by atomic mass is 10.2. The number of pyridine rings is 1. The van der Waals surface area contributed by atoms with Crippen LogP contribution in [0.4, 0.5) is 5.82 Å². The molecule has 2 rings (SSSR count). The number of thiocarbonyl (C=S) groups is 1. The van der Waals surface area contributed by atoms with E-state index in [0.29, 0.717) is 16.7 Å². The first-order chi connectivity index (χ1) is 11.7. The normalized spacial score (nSPS) is 10.2. The number of ether oxygens (including phenoxy) is 1. The Morgan fingerprint density at radius 1 is 1.29 bits per heavy atom. The number of anilines is 1.